The van der Waals surface area contributed by atoms with E-state index in [1.54, 1.807) is 17.1 Å². The molecule has 0 spiro atoms. The highest BCUT2D eigenvalue weighted by Gasteiger charge is 2.04. The summed E-state index contributed by atoms with van der Waals surface area (Å²) in [4.78, 5) is 4.14. The van der Waals surface area contributed by atoms with Crippen LogP contribution in [0.15, 0.2) is 24.5 Å². The van der Waals surface area contributed by atoms with Crippen molar-refractivity contribution < 1.29 is 0 Å². The molecule has 0 amide bonds. The second-order valence-electron chi connectivity index (χ2n) is 3.72. The van der Waals surface area contributed by atoms with Gasteiger partial charge in [-0.1, -0.05) is 17.7 Å². The molecule has 0 aliphatic rings. The number of aromatic nitrogens is 3. The van der Waals surface area contributed by atoms with Gasteiger partial charge in [-0.15, -0.1) is 0 Å². The maximum Gasteiger partial charge on any atom is 0.152 e. The molecule has 2 aromatic rings. The van der Waals surface area contributed by atoms with Gasteiger partial charge in [0.05, 0.1) is 16.4 Å². The molecule has 3 N–H and O–H groups in total. The third-order valence-electron chi connectivity index (χ3n) is 2.34. The number of hydrogen-bond donors (Lipinski definition) is 2. The predicted molar refractivity (Wildman–Crippen MR) is 69.1 cm³/mol. The number of aryl methyl sites for hydroxylation is 1. The molecule has 1 aromatic heterocycles. The highest BCUT2D eigenvalue weighted by Crippen LogP contribution is 2.27. The van der Waals surface area contributed by atoms with Crippen molar-refractivity contribution in [3.63, 3.8) is 0 Å². The summed E-state index contributed by atoms with van der Waals surface area (Å²) in [5.41, 5.74) is 7.24. The smallest absolute Gasteiger partial charge is 0.152 e. The first-order chi connectivity index (χ1) is 8.16. The number of benzene rings is 1. The maximum atomic E-state index is 6.04. The van der Waals surface area contributed by atoms with Gasteiger partial charge in [0, 0.05) is 20.0 Å². The molecule has 1 aromatic carbocycles. The Balaban J connectivity index is 1.94. The van der Waals surface area contributed by atoms with Crippen LogP contribution in [0.1, 0.15) is 5.82 Å². The average molecular weight is 252 g/mol. The summed E-state index contributed by atoms with van der Waals surface area (Å²) in [6.45, 7) is 0.692. The minimum atomic E-state index is 0.624. The third kappa shape index (κ3) is 2.88. The van der Waals surface area contributed by atoms with E-state index in [1.165, 1.54) is 0 Å². The van der Waals surface area contributed by atoms with Crippen LogP contribution in [-0.4, -0.2) is 21.3 Å². The number of rotatable bonds is 4. The molecule has 0 saturated carbocycles. The lowest BCUT2D eigenvalue weighted by atomic mass is 10.2. The van der Waals surface area contributed by atoms with Crippen LogP contribution in [0.2, 0.25) is 5.02 Å². The van der Waals surface area contributed by atoms with Crippen molar-refractivity contribution in [1.82, 2.24) is 14.8 Å². The van der Waals surface area contributed by atoms with Gasteiger partial charge in [-0.3, -0.25) is 4.68 Å². The molecule has 6 heteroatoms. The van der Waals surface area contributed by atoms with Crippen LogP contribution in [0.25, 0.3) is 0 Å². The Bertz CT molecular complexity index is 488. The minimum absolute atomic E-state index is 0.624. The molecular formula is C11H14ClN5. The summed E-state index contributed by atoms with van der Waals surface area (Å²) in [5.74, 6) is 0.797. The zero-order valence-electron chi connectivity index (χ0n) is 9.52. The summed E-state index contributed by atoms with van der Waals surface area (Å²) in [6.07, 6.45) is 2.41. The van der Waals surface area contributed by atoms with Crippen molar-refractivity contribution in [3.05, 3.63) is 35.4 Å². The van der Waals surface area contributed by atoms with E-state index < -0.39 is 0 Å². The summed E-state index contributed by atoms with van der Waals surface area (Å²) < 4.78 is 1.68. The molecule has 0 atom stereocenters. The lowest BCUT2D eigenvalue weighted by Gasteiger charge is -2.09. The van der Waals surface area contributed by atoms with Gasteiger partial charge >= 0.3 is 0 Å². The highest BCUT2D eigenvalue weighted by molar-refractivity contribution is 6.33. The molecule has 0 unspecified atom stereocenters. The first-order valence-electron chi connectivity index (χ1n) is 5.29. The SMILES string of the molecule is Cn1cnc(CCNc2c(N)cccc2Cl)n1. The van der Waals surface area contributed by atoms with Crippen LogP contribution in [-0.2, 0) is 13.5 Å². The van der Waals surface area contributed by atoms with Crippen LogP contribution in [0.4, 0.5) is 11.4 Å². The van der Waals surface area contributed by atoms with E-state index >= 15 is 0 Å². The van der Waals surface area contributed by atoms with E-state index in [0.717, 1.165) is 17.9 Å². The largest absolute Gasteiger partial charge is 0.397 e. The Morgan fingerprint density at radius 2 is 2.29 bits per heavy atom. The molecule has 0 fully saturated rings. The maximum absolute atomic E-state index is 6.04. The second kappa shape index (κ2) is 5.05. The van der Waals surface area contributed by atoms with Gasteiger partial charge in [-0.2, -0.15) is 5.10 Å². The molecule has 1 heterocycles. The summed E-state index contributed by atoms with van der Waals surface area (Å²) in [7, 11) is 1.84. The van der Waals surface area contributed by atoms with Crippen molar-refractivity contribution in [2.75, 3.05) is 17.6 Å². The predicted octanol–water partition coefficient (Wildman–Crippen LogP) is 1.71. The van der Waals surface area contributed by atoms with Gasteiger partial charge in [-0.25, -0.2) is 4.98 Å². The van der Waals surface area contributed by atoms with E-state index in [-0.39, 0.29) is 0 Å². The Kier molecular flexibility index (Phi) is 3.49. The normalized spacial score (nSPS) is 10.5. The van der Waals surface area contributed by atoms with Gasteiger partial charge in [-0.05, 0) is 12.1 Å². The Labute approximate surface area is 105 Å². The van der Waals surface area contributed by atoms with E-state index in [0.29, 0.717) is 17.3 Å². The lowest BCUT2D eigenvalue weighted by Crippen LogP contribution is -2.08. The first-order valence-corrected chi connectivity index (χ1v) is 5.67. The zero-order valence-corrected chi connectivity index (χ0v) is 10.3. The molecule has 5 nitrogen and oxygen atoms in total. The van der Waals surface area contributed by atoms with Crippen molar-refractivity contribution in [2.24, 2.45) is 7.05 Å². The number of anilines is 2. The number of hydrogen-bond acceptors (Lipinski definition) is 4. The zero-order chi connectivity index (χ0) is 12.3. The van der Waals surface area contributed by atoms with Gasteiger partial charge < -0.3 is 11.1 Å². The molecule has 90 valence electrons. The molecule has 0 aliphatic carbocycles. The molecule has 0 aliphatic heterocycles. The number of nitrogens with one attached hydrogen (secondary N) is 1. The molecule has 2 rings (SSSR count). The van der Waals surface area contributed by atoms with Crippen LogP contribution in [0.5, 0.6) is 0 Å². The number of nitrogens with two attached hydrogens (primary N) is 1. The lowest BCUT2D eigenvalue weighted by molar-refractivity contribution is 0.742. The Hall–Kier alpha value is -1.75. The number of para-hydroxylation sites is 1. The van der Waals surface area contributed by atoms with E-state index in [4.69, 9.17) is 17.3 Å². The number of nitrogens with zero attached hydrogens (tertiary/aromatic N) is 3. The van der Waals surface area contributed by atoms with Crippen molar-refractivity contribution in [2.45, 2.75) is 6.42 Å². The fourth-order valence-electron chi connectivity index (χ4n) is 1.53. The molecule has 0 bridgehead atoms. The molecule has 0 saturated heterocycles. The van der Waals surface area contributed by atoms with Crippen molar-refractivity contribution in [3.8, 4) is 0 Å². The number of halogens is 1. The fourth-order valence-corrected chi connectivity index (χ4v) is 1.77. The van der Waals surface area contributed by atoms with E-state index in [9.17, 15) is 0 Å². The number of nitrogen functional groups attached to an aromatic ring is 1. The van der Waals surface area contributed by atoms with Crippen molar-refractivity contribution >= 4 is 23.0 Å². The average Bonchev–Trinajstić information content (AvgIpc) is 2.69. The topological polar surface area (TPSA) is 68.8 Å². The molecular weight excluding hydrogens is 238 g/mol. The van der Waals surface area contributed by atoms with Gasteiger partial charge in [0.1, 0.15) is 6.33 Å². The summed E-state index contributed by atoms with van der Waals surface area (Å²) >= 11 is 6.04. The Morgan fingerprint density at radius 3 is 2.94 bits per heavy atom. The first kappa shape index (κ1) is 11.7. The minimum Gasteiger partial charge on any atom is -0.397 e. The van der Waals surface area contributed by atoms with Crippen LogP contribution >= 0.6 is 11.6 Å². The molecule has 17 heavy (non-hydrogen) atoms. The van der Waals surface area contributed by atoms with E-state index in [1.807, 2.05) is 19.2 Å². The fraction of sp³-hybridized carbons (Fsp3) is 0.273. The Morgan fingerprint density at radius 1 is 1.47 bits per heavy atom. The summed E-state index contributed by atoms with van der Waals surface area (Å²) in [6, 6.07) is 5.44. The third-order valence-corrected chi connectivity index (χ3v) is 2.66. The van der Waals surface area contributed by atoms with Gasteiger partial charge in [0.25, 0.3) is 0 Å². The second-order valence-corrected chi connectivity index (χ2v) is 4.12. The van der Waals surface area contributed by atoms with Gasteiger partial charge in [0.2, 0.25) is 0 Å². The molecule has 0 radical (unpaired) electrons. The highest BCUT2D eigenvalue weighted by atomic mass is 35.5. The summed E-state index contributed by atoms with van der Waals surface area (Å²) in [5, 5.41) is 8.00. The monoisotopic (exact) mass is 251 g/mol. The van der Waals surface area contributed by atoms with Gasteiger partial charge in [0.15, 0.2) is 5.82 Å². The van der Waals surface area contributed by atoms with Crippen LogP contribution in [0.3, 0.4) is 0 Å². The standard InChI is InChI=1S/C11H14ClN5/c1-17-7-15-10(16-17)5-6-14-11-8(12)3-2-4-9(11)13/h2-4,7,14H,5-6,13H2,1H3. The van der Waals surface area contributed by atoms with Crippen molar-refractivity contribution in [1.29, 1.82) is 0 Å². The van der Waals surface area contributed by atoms with Crippen LogP contribution in [0, 0.1) is 0 Å². The van der Waals surface area contributed by atoms with E-state index in [2.05, 4.69) is 15.4 Å². The van der Waals surface area contributed by atoms with Crippen LogP contribution < -0.4 is 11.1 Å². The quantitative estimate of drug-likeness (QED) is 0.812.